The number of carbonyl (C=O) groups is 1. The van der Waals surface area contributed by atoms with Crippen molar-refractivity contribution in [1.82, 2.24) is 20.2 Å². The van der Waals surface area contributed by atoms with E-state index >= 15 is 4.39 Å². The predicted octanol–water partition coefficient (Wildman–Crippen LogP) is 3.94. The van der Waals surface area contributed by atoms with Crippen LogP contribution in [0.1, 0.15) is 55.8 Å². The first-order valence-electron chi connectivity index (χ1n) is 14.3. The average Bonchev–Trinajstić information content (AvgIpc) is 3.48. The summed E-state index contributed by atoms with van der Waals surface area (Å²) in [6, 6.07) is 5.60. The van der Waals surface area contributed by atoms with Crippen LogP contribution in [0.5, 0.6) is 5.75 Å². The van der Waals surface area contributed by atoms with Gasteiger partial charge in [-0.1, -0.05) is 18.0 Å². The van der Waals surface area contributed by atoms with E-state index in [0.717, 1.165) is 51.6 Å². The second-order valence-electron chi connectivity index (χ2n) is 11.4. The number of nitrogens with one attached hydrogen (secondary N) is 2. The Morgan fingerprint density at radius 3 is 2.56 bits per heavy atom. The molecule has 2 N–H and O–H groups in total. The number of methoxy groups -OCH3 is 1. The number of oxime groups is 1. The number of alkyl halides is 1. The quantitative estimate of drug-likeness (QED) is 0.480. The summed E-state index contributed by atoms with van der Waals surface area (Å²) in [4.78, 5) is 33.4. The van der Waals surface area contributed by atoms with Gasteiger partial charge in [0.25, 0.3) is 5.91 Å². The zero-order valence-electron chi connectivity index (χ0n) is 24.6. The van der Waals surface area contributed by atoms with E-state index in [9.17, 15) is 4.79 Å². The number of anilines is 4. The standard InChI is InChI=1S/C29H41FN8O3/c1-29(30)18-38(21-8-6-7-9-21)25-23(37(3)27(29)35-41-5)17-31-28(34-25)33-22-11-10-19(16-24(22)40-4)26(39)32-20-12-14-36(2)15-13-20/h10-11,16-17,20-21H,6-9,12-15,18H2,1-5H3,(H,32,39)(H,31,33,34). The average molecular weight is 569 g/mol. The first-order chi connectivity index (χ1) is 19.7. The summed E-state index contributed by atoms with van der Waals surface area (Å²) in [6.45, 7) is 3.56. The van der Waals surface area contributed by atoms with E-state index in [0.29, 0.717) is 34.5 Å². The number of nitrogens with zero attached hydrogens (tertiary/aromatic N) is 6. The molecule has 1 aliphatic carbocycles. The second-order valence-corrected chi connectivity index (χ2v) is 11.4. The van der Waals surface area contributed by atoms with E-state index in [1.54, 1.807) is 43.5 Å². The minimum Gasteiger partial charge on any atom is -0.495 e. The van der Waals surface area contributed by atoms with Gasteiger partial charge in [0.05, 0.1) is 25.5 Å². The number of piperidine rings is 1. The number of fused-ring (bicyclic) bond motifs is 1. The molecule has 3 aliphatic rings. The lowest BCUT2D eigenvalue weighted by molar-refractivity contribution is 0.0916. The van der Waals surface area contributed by atoms with Gasteiger partial charge >= 0.3 is 0 Å². The van der Waals surface area contributed by atoms with Crippen LogP contribution < -0.4 is 25.2 Å². The van der Waals surface area contributed by atoms with Gasteiger partial charge in [0.1, 0.15) is 18.5 Å². The number of hydrogen-bond acceptors (Lipinski definition) is 9. The van der Waals surface area contributed by atoms with Gasteiger partial charge in [-0.15, -0.1) is 0 Å². The molecule has 1 saturated carbocycles. The minimum absolute atomic E-state index is 0.0953. The normalized spacial score (nSPS) is 23.3. The molecule has 41 heavy (non-hydrogen) atoms. The van der Waals surface area contributed by atoms with E-state index in [4.69, 9.17) is 14.6 Å². The van der Waals surface area contributed by atoms with Crippen LogP contribution in [-0.2, 0) is 4.84 Å². The lowest BCUT2D eigenvalue weighted by Crippen LogP contribution is -2.49. The van der Waals surface area contributed by atoms with Gasteiger partial charge in [-0.2, -0.15) is 4.98 Å². The summed E-state index contributed by atoms with van der Waals surface area (Å²) in [5, 5.41) is 10.4. The van der Waals surface area contributed by atoms with E-state index in [2.05, 4.69) is 37.6 Å². The van der Waals surface area contributed by atoms with Crippen molar-refractivity contribution in [3.8, 4) is 5.75 Å². The molecular formula is C29H41FN8O3. The Morgan fingerprint density at radius 1 is 1.15 bits per heavy atom. The van der Waals surface area contributed by atoms with E-state index in [-0.39, 0.29) is 30.4 Å². The Morgan fingerprint density at radius 2 is 1.88 bits per heavy atom. The molecule has 0 spiro atoms. The summed E-state index contributed by atoms with van der Waals surface area (Å²) in [6.07, 6.45) is 7.67. The number of carbonyl (C=O) groups excluding carboxylic acids is 1. The molecule has 0 radical (unpaired) electrons. The molecule has 2 fully saturated rings. The number of aromatic nitrogens is 2. The Labute approximate surface area is 241 Å². The highest BCUT2D eigenvalue weighted by molar-refractivity contribution is 6.06. The monoisotopic (exact) mass is 568 g/mol. The molecule has 1 unspecified atom stereocenters. The van der Waals surface area contributed by atoms with Crippen LogP contribution in [0.3, 0.4) is 0 Å². The number of hydrogen-bond donors (Lipinski definition) is 2. The molecule has 2 aromatic rings. The van der Waals surface area contributed by atoms with Gasteiger partial charge in [0.2, 0.25) is 5.95 Å². The number of halogens is 1. The molecule has 11 nitrogen and oxygen atoms in total. The molecule has 1 atom stereocenters. The zero-order chi connectivity index (χ0) is 29.1. The Kier molecular flexibility index (Phi) is 8.48. The summed E-state index contributed by atoms with van der Waals surface area (Å²) in [5.74, 6) is 1.52. The first kappa shape index (κ1) is 28.8. The van der Waals surface area contributed by atoms with E-state index < -0.39 is 5.67 Å². The highest BCUT2D eigenvalue weighted by Gasteiger charge is 2.44. The third kappa shape index (κ3) is 6.17. The molecule has 222 valence electrons. The molecule has 0 bridgehead atoms. The molecule has 1 aromatic heterocycles. The van der Waals surface area contributed by atoms with Crippen molar-refractivity contribution in [3.63, 3.8) is 0 Å². The van der Waals surface area contributed by atoms with Crippen LogP contribution in [0.2, 0.25) is 0 Å². The molecule has 1 amide bonds. The van der Waals surface area contributed by atoms with Crippen molar-refractivity contribution < 1.29 is 18.8 Å². The van der Waals surface area contributed by atoms with Crippen LogP contribution in [0, 0.1) is 0 Å². The first-order valence-corrected chi connectivity index (χ1v) is 14.3. The predicted molar refractivity (Wildman–Crippen MR) is 158 cm³/mol. The van der Waals surface area contributed by atoms with Crippen molar-refractivity contribution >= 4 is 34.9 Å². The topological polar surface area (TPSA) is 107 Å². The number of benzene rings is 1. The highest BCUT2D eigenvalue weighted by Crippen LogP contribution is 2.40. The van der Waals surface area contributed by atoms with Gasteiger partial charge in [-0.05, 0) is 70.9 Å². The van der Waals surface area contributed by atoms with Gasteiger partial charge in [0.15, 0.2) is 17.3 Å². The van der Waals surface area contributed by atoms with Crippen LogP contribution in [0.4, 0.5) is 27.5 Å². The van der Waals surface area contributed by atoms with Crippen molar-refractivity contribution in [2.75, 3.05) is 63.1 Å². The number of ether oxygens (including phenoxy) is 1. The van der Waals surface area contributed by atoms with Crippen LogP contribution in [-0.4, -0.2) is 92.3 Å². The molecule has 3 heterocycles. The van der Waals surface area contributed by atoms with Gasteiger partial charge in [0, 0.05) is 24.7 Å². The van der Waals surface area contributed by atoms with Crippen molar-refractivity contribution in [2.45, 2.75) is 63.2 Å². The lowest BCUT2D eigenvalue weighted by Gasteiger charge is -2.32. The third-order valence-corrected chi connectivity index (χ3v) is 8.34. The molecule has 1 saturated heterocycles. The minimum atomic E-state index is -1.77. The SMILES string of the molecule is CON=C1N(C)c2cnc(Nc3ccc(C(=O)NC4CCN(C)CC4)cc3OC)nc2N(C2CCCC2)CC1(C)F. The van der Waals surface area contributed by atoms with Crippen LogP contribution in [0.25, 0.3) is 0 Å². The summed E-state index contributed by atoms with van der Waals surface area (Å²) < 4.78 is 21.7. The summed E-state index contributed by atoms with van der Waals surface area (Å²) in [5.41, 5.74) is 0.0204. The fourth-order valence-electron chi connectivity index (χ4n) is 6.04. The lowest BCUT2D eigenvalue weighted by atomic mass is 10.0. The fraction of sp³-hybridized carbons (Fsp3) is 0.586. The Hall–Kier alpha value is -3.67. The Balaban J connectivity index is 1.41. The number of amidine groups is 1. The third-order valence-electron chi connectivity index (χ3n) is 8.34. The molecule has 5 rings (SSSR count). The number of rotatable bonds is 7. The zero-order valence-corrected chi connectivity index (χ0v) is 24.6. The van der Waals surface area contributed by atoms with Gasteiger partial charge < -0.3 is 34.9 Å². The molecular weight excluding hydrogens is 527 g/mol. The fourth-order valence-corrected chi connectivity index (χ4v) is 6.04. The smallest absolute Gasteiger partial charge is 0.251 e. The highest BCUT2D eigenvalue weighted by atomic mass is 19.1. The molecule has 1 aromatic carbocycles. The van der Waals surface area contributed by atoms with Crippen molar-refractivity contribution in [3.05, 3.63) is 30.0 Å². The maximum atomic E-state index is 16.1. The Bertz CT molecular complexity index is 1270. The number of likely N-dealkylation sites (tertiary alicyclic amines) is 1. The van der Waals surface area contributed by atoms with E-state index in [1.165, 1.54) is 14.0 Å². The molecule has 12 heteroatoms. The van der Waals surface area contributed by atoms with Crippen molar-refractivity contribution in [2.24, 2.45) is 5.16 Å². The van der Waals surface area contributed by atoms with Crippen LogP contribution >= 0.6 is 0 Å². The summed E-state index contributed by atoms with van der Waals surface area (Å²) >= 11 is 0. The summed E-state index contributed by atoms with van der Waals surface area (Å²) in [7, 11) is 6.82. The maximum Gasteiger partial charge on any atom is 0.251 e. The maximum absolute atomic E-state index is 16.1. The largest absolute Gasteiger partial charge is 0.495 e. The van der Waals surface area contributed by atoms with Gasteiger partial charge in [-0.3, -0.25) is 4.79 Å². The van der Waals surface area contributed by atoms with Crippen LogP contribution in [0.15, 0.2) is 29.6 Å². The van der Waals surface area contributed by atoms with Crippen molar-refractivity contribution in [1.29, 1.82) is 0 Å². The second kappa shape index (κ2) is 12.1. The van der Waals surface area contributed by atoms with E-state index in [1.807, 2.05) is 0 Å². The van der Waals surface area contributed by atoms with Gasteiger partial charge in [-0.25, -0.2) is 9.37 Å². The number of amides is 1. The molecule has 2 aliphatic heterocycles.